The van der Waals surface area contributed by atoms with Gasteiger partial charge < -0.3 is 0 Å². The summed E-state index contributed by atoms with van der Waals surface area (Å²) in [5, 5.41) is 0. The first-order valence-corrected chi connectivity index (χ1v) is 46.6. The molecule has 0 rings (SSSR count). The van der Waals surface area contributed by atoms with E-state index < -0.39 is 0 Å². The van der Waals surface area contributed by atoms with E-state index in [4.69, 9.17) is 0 Å². The highest BCUT2D eigenvalue weighted by Gasteiger charge is 2.74. The topological polar surface area (TPSA) is 0 Å². The van der Waals surface area contributed by atoms with Crippen molar-refractivity contribution in [2.75, 3.05) is 0 Å². The highest BCUT2D eigenvalue weighted by atomic mass is 14.8. The lowest BCUT2D eigenvalue weighted by Crippen LogP contribution is -2.71. The molecule has 589 valence electrons. The SMILES string of the molecule is CCCCCC(CCC)C[C](CC(C)(C)CCCC)C(C)(CC(CCC)CCCCC)C(C)(C(C)CCC(C)CC)C(CC(CCC)CCCCC)(C(C)CC(C)CCC)C(CC(CCC)CCCCC)(C(C)C(C)CCCC)C(CC(CCC)CCCCC)C(C)(C)CCCCC. The first kappa shape index (κ1) is 98.0. The normalized spacial score (nSPS) is 19.0. The fourth-order valence-electron chi connectivity index (χ4n) is 23.0. The van der Waals surface area contributed by atoms with E-state index in [0.717, 1.165) is 35.5 Å². The molecule has 0 aromatic rings. The zero-order valence-corrected chi connectivity index (χ0v) is 74.2. The second kappa shape index (κ2) is 55.4. The zero-order chi connectivity index (χ0) is 74.3. The third-order valence-corrected chi connectivity index (χ3v) is 29.0. The Morgan fingerprint density at radius 1 is 0.306 bits per heavy atom. The zero-order valence-electron chi connectivity index (χ0n) is 74.2. The van der Waals surface area contributed by atoms with Crippen LogP contribution >= 0.6 is 0 Å². The summed E-state index contributed by atoms with van der Waals surface area (Å²) in [6.45, 7) is 74.5. The second-order valence-corrected chi connectivity index (χ2v) is 38.3. The third kappa shape index (κ3) is 32.2. The number of unbranched alkanes of at least 4 members (excludes halogenated alkanes) is 14. The van der Waals surface area contributed by atoms with Crippen LogP contribution in [0.25, 0.3) is 0 Å². The van der Waals surface area contributed by atoms with Crippen molar-refractivity contribution in [3.63, 3.8) is 0 Å². The largest absolute Gasteiger partial charge is 0.0654 e. The highest BCUT2D eigenvalue weighted by Crippen LogP contribution is 2.80. The molecule has 0 aromatic heterocycles. The number of hydrogen-bond donors (Lipinski definition) is 0. The van der Waals surface area contributed by atoms with Gasteiger partial charge in [0.15, 0.2) is 0 Å². The Labute approximate surface area is 626 Å². The van der Waals surface area contributed by atoms with E-state index in [2.05, 4.69) is 193 Å². The Bertz CT molecular complexity index is 1770. The minimum Gasteiger partial charge on any atom is -0.0654 e. The number of hydrogen-bond acceptors (Lipinski definition) is 0. The second-order valence-electron chi connectivity index (χ2n) is 38.3. The van der Waals surface area contributed by atoms with Gasteiger partial charge in [0.05, 0.1) is 0 Å². The Hall–Kier alpha value is 0. The molecule has 0 N–H and O–H groups in total. The van der Waals surface area contributed by atoms with Crippen LogP contribution in [0.3, 0.4) is 0 Å². The summed E-state index contributed by atoms with van der Waals surface area (Å²) in [5.74, 6) is 10.4. The van der Waals surface area contributed by atoms with Crippen molar-refractivity contribution in [1.29, 1.82) is 0 Å². The Balaban J connectivity index is 12.5. The summed E-state index contributed by atoms with van der Waals surface area (Å²) in [7, 11) is 0. The number of rotatable bonds is 70. The van der Waals surface area contributed by atoms with Crippen molar-refractivity contribution >= 4 is 0 Å². The molecule has 0 nitrogen and oxygen atoms in total. The van der Waals surface area contributed by atoms with Crippen LogP contribution < -0.4 is 0 Å². The Morgan fingerprint density at radius 2 is 0.714 bits per heavy atom. The molecule has 0 aromatic carbocycles. The monoisotopic (exact) mass is 1370 g/mol. The maximum absolute atomic E-state index is 3.36. The van der Waals surface area contributed by atoms with E-state index in [0.29, 0.717) is 35.5 Å². The molecule has 16 unspecified atom stereocenters. The van der Waals surface area contributed by atoms with Gasteiger partial charge in [0.25, 0.3) is 0 Å². The summed E-state index contributed by atoms with van der Waals surface area (Å²) < 4.78 is 0. The summed E-state index contributed by atoms with van der Waals surface area (Å²) in [5.41, 5.74) is 0.527. The molecule has 0 aliphatic rings. The minimum absolute atomic E-state index is 0.0114. The molecule has 0 heterocycles. The standard InChI is InChI=1S/C98H197/c1-28-43-51-64-86(58-37-10)74-91(79-93(22,23)71-50-35-8)95(26,76-88(60-39-12)66-53-45-30-3)96(27,83(19)70-69-80(16)42-15)98(84(20)73-81(17)57-36-9,78-90(62-41-14)68-55-47-32-5)97(85(21)82(18)63-49-34-7,77-89(61-40-13)67-54-46-31-4)92(94(24,25)72-56-48-33-6)75-87(59-38-11)65-52-44-29-2/h80-90,92H,28-79H2,1-27H3. The molecular formula is C98H197. The summed E-state index contributed by atoms with van der Waals surface area (Å²) in [4.78, 5) is 0. The highest BCUT2D eigenvalue weighted by molar-refractivity contribution is 5.26. The lowest BCUT2D eigenvalue weighted by atomic mass is 9.27. The lowest BCUT2D eigenvalue weighted by molar-refractivity contribution is -0.279. The summed E-state index contributed by atoms with van der Waals surface area (Å²) in [6.07, 6.45) is 71.8. The van der Waals surface area contributed by atoms with E-state index >= 15 is 0 Å². The van der Waals surface area contributed by atoms with Crippen LogP contribution in [0.4, 0.5) is 0 Å². The third-order valence-electron chi connectivity index (χ3n) is 29.0. The van der Waals surface area contributed by atoms with Crippen LogP contribution in [-0.4, -0.2) is 0 Å². The van der Waals surface area contributed by atoms with Gasteiger partial charge in [-0.25, -0.2) is 0 Å². The van der Waals surface area contributed by atoms with E-state index in [-0.39, 0.29) is 32.5 Å². The minimum atomic E-state index is -0.0121. The molecule has 0 amide bonds. The van der Waals surface area contributed by atoms with Crippen molar-refractivity contribution < 1.29 is 0 Å². The molecule has 0 heteroatoms. The van der Waals surface area contributed by atoms with Gasteiger partial charge in [-0.3, -0.25) is 0 Å². The van der Waals surface area contributed by atoms with Crippen molar-refractivity contribution in [2.45, 2.75) is 521 Å². The van der Waals surface area contributed by atoms with Gasteiger partial charge in [0.2, 0.25) is 0 Å². The van der Waals surface area contributed by atoms with Crippen LogP contribution in [0.1, 0.15) is 521 Å². The van der Waals surface area contributed by atoms with Gasteiger partial charge in [-0.15, -0.1) is 0 Å². The molecule has 1 radical (unpaired) electrons. The maximum Gasteiger partial charge on any atom is -0.0145 e. The van der Waals surface area contributed by atoms with Crippen LogP contribution in [0.5, 0.6) is 0 Å². The van der Waals surface area contributed by atoms with Crippen molar-refractivity contribution in [2.24, 2.45) is 104 Å². The van der Waals surface area contributed by atoms with Gasteiger partial charge in [0, 0.05) is 0 Å². The van der Waals surface area contributed by atoms with Crippen molar-refractivity contribution in [1.82, 2.24) is 0 Å². The van der Waals surface area contributed by atoms with E-state index in [1.807, 2.05) is 0 Å². The predicted octanol–water partition coefficient (Wildman–Crippen LogP) is 35.7. The summed E-state index contributed by atoms with van der Waals surface area (Å²) in [6, 6.07) is 0. The molecule has 98 heavy (non-hydrogen) atoms. The molecule has 0 aliphatic heterocycles. The van der Waals surface area contributed by atoms with Gasteiger partial charge >= 0.3 is 0 Å². The average Bonchev–Trinajstić information content (AvgIpc) is 0.668. The molecule has 16 atom stereocenters. The van der Waals surface area contributed by atoms with Gasteiger partial charge in [0.1, 0.15) is 0 Å². The molecule has 0 spiro atoms. The van der Waals surface area contributed by atoms with Crippen molar-refractivity contribution in [3.8, 4) is 0 Å². The van der Waals surface area contributed by atoms with Gasteiger partial charge in [-0.05, 0) is 174 Å². The van der Waals surface area contributed by atoms with E-state index in [9.17, 15) is 0 Å². The quantitative estimate of drug-likeness (QED) is 0.0533. The van der Waals surface area contributed by atoms with Crippen LogP contribution in [-0.2, 0) is 0 Å². The van der Waals surface area contributed by atoms with Crippen molar-refractivity contribution in [3.05, 3.63) is 5.92 Å². The smallest absolute Gasteiger partial charge is 0.0145 e. The van der Waals surface area contributed by atoms with Gasteiger partial charge in [-0.1, -0.05) is 457 Å². The molecule has 0 saturated carbocycles. The molecular weight excluding hydrogens is 1180 g/mol. The fraction of sp³-hybridized carbons (Fsp3) is 0.990. The fourth-order valence-corrected chi connectivity index (χ4v) is 23.0. The summed E-state index contributed by atoms with van der Waals surface area (Å²) >= 11 is 0. The first-order chi connectivity index (χ1) is 46.7. The molecule has 0 bridgehead atoms. The maximum atomic E-state index is 3.36. The molecule has 0 saturated heterocycles. The predicted molar refractivity (Wildman–Crippen MR) is 453 cm³/mol. The lowest BCUT2D eigenvalue weighted by Gasteiger charge is -2.76. The Kier molecular flexibility index (Phi) is 55.4. The molecule has 0 aliphatic carbocycles. The van der Waals surface area contributed by atoms with Crippen LogP contribution in [0.15, 0.2) is 0 Å². The van der Waals surface area contributed by atoms with E-state index in [1.165, 1.54) is 334 Å². The van der Waals surface area contributed by atoms with Crippen LogP contribution in [0, 0.1) is 109 Å². The Morgan fingerprint density at radius 3 is 1.16 bits per heavy atom. The first-order valence-electron chi connectivity index (χ1n) is 46.6. The average molecular weight is 1380 g/mol. The molecule has 0 fully saturated rings. The van der Waals surface area contributed by atoms with Gasteiger partial charge in [-0.2, -0.15) is 0 Å². The van der Waals surface area contributed by atoms with E-state index in [1.54, 1.807) is 0 Å². The van der Waals surface area contributed by atoms with Crippen LogP contribution in [0.2, 0.25) is 0 Å².